The van der Waals surface area contributed by atoms with Crippen LogP contribution in [0.25, 0.3) is 0 Å². The van der Waals surface area contributed by atoms with Crippen LogP contribution in [0, 0.1) is 0 Å². The van der Waals surface area contributed by atoms with Crippen molar-refractivity contribution in [3.05, 3.63) is 24.3 Å². The third-order valence-corrected chi connectivity index (χ3v) is 13.5. The molecule has 0 spiro atoms. The summed E-state index contributed by atoms with van der Waals surface area (Å²) in [5.41, 5.74) is 0. The number of amides is 1. The normalized spacial score (nSPS) is 12.9. The van der Waals surface area contributed by atoms with E-state index in [1.54, 1.807) is 0 Å². The summed E-state index contributed by atoms with van der Waals surface area (Å²) in [5, 5.41) is 23.4. The second-order valence-corrected chi connectivity index (χ2v) is 19.7. The van der Waals surface area contributed by atoms with Gasteiger partial charge in [-0.25, -0.2) is 0 Å². The number of carbonyl (C=O) groups excluding carboxylic acids is 1. The van der Waals surface area contributed by atoms with Crippen molar-refractivity contribution in [3.63, 3.8) is 0 Å². The van der Waals surface area contributed by atoms with Crippen LogP contribution < -0.4 is 5.32 Å². The van der Waals surface area contributed by atoms with Crippen LogP contribution in [-0.4, -0.2) is 34.9 Å². The zero-order valence-corrected chi connectivity index (χ0v) is 42.4. The van der Waals surface area contributed by atoms with Crippen molar-refractivity contribution < 1.29 is 15.0 Å². The minimum Gasteiger partial charge on any atom is -0.394 e. The molecule has 0 aromatic heterocycles. The van der Waals surface area contributed by atoms with Crippen LogP contribution in [0.3, 0.4) is 0 Å². The van der Waals surface area contributed by atoms with E-state index in [2.05, 4.69) is 43.5 Å². The average molecular weight is 873 g/mol. The summed E-state index contributed by atoms with van der Waals surface area (Å²) >= 11 is 0. The summed E-state index contributed by atoms with van der Waals surface area (Å²) in [5.74, 6) is -0.0270. The van der Waals surface area contributed by atoms with E-state index < -0.39 is 12.1 Å². The Kier molecular flexibility index (Phi) is 53.2. The van der Waals surface area contributed by atoms with Gasteiger partial charge in [0, 0.05) is 6.42 Å². The molecular formula is C58H113NO3. The molecule has 0 heterocycles. The predicted octanol–water partition coefficient (Wildman–Crippen LogP) is 18.7. The fourth-order valence-corrected chi connectivity index (χ4v) is 9.10. The summed E-state index contributed by atoms with van der Waals surface area (Å²) in [6.07, 6.45) is 71.7. The minimum atomic E-state index is -0.659. The quantitative estimate of drug-likeness (QED) is 0.0421. The zero-order chi connectivity index (χ0) is 44.9. The number of allylic oxidation sites excluding steroid dienone is 4. The van der Waals surface area contributed by atoms with E-state index in [1.807, 2.05) is 0 Å². The summed E-state index contributed by atoms with van der Waals surface area (Å²) < 4.78 is 0. The van der Waals surface area contributed by atoms with Gasteiger partial charge in [-0.2, -0.15) is 0 Å². The first-order valence-corrected chi connectivity index (χ1v) is 28.5. The molecule has 0 bridgehead atoms. The fourth-order valence-electron chi connectivity index (χ4n) is 9.10. The van der Waals surface area contributed by atoms with Crippen LogP contribution in [0.15, 0.2) is 24.3 Å². The average Bonchev–Trinajstić information content (AvgIpc) is 3.28. The predicted molar refractivity (Wildman–Crippen MR) is 276 cm³/mol. The molecule has 62 heavy (non-hydrogen) atoms. The van der Waals surface area contributed by atoms with Crippen LogP contribution in [0.2, 0.25) is 0 Å². The van der Waals surface area contributed by atoms with E-state index in [4.69, 9.17) is 0 Å². The van der Waals surface area contributed by atoms with Gasteiger partial charge >= 0.3 is 0 Å². The van der Waals surface area contributed by atoms with Crippen LogP contribution in [0.1, 0.15) is 322 Å². The van der Waals surface area contributed by atoms with Gasteiger partial charge in [0.15, 0.2) is 0 Å². The van der Waals surface area contributed by atoms with Crippen molar-refractivity contribution in [3.8, 4) is 0 Å². The number of rotatable bonds is 53. The highest BCUT2D eigenvalue weighted by molar-refractivity contribution is 5.76. The maximum absolute atomic E-state index is 12.5. The molecule has 4 nitrogen and oxygen atoms in total. The Morgan fingerprint density at radius 3 is 0.968 bits per heavy atom. The number of hydrogen-bond acceptors (Lipinski definition) is 3. The molecule has 2 unspecified atom stereocenters. The Hall–Kier alpha value is -1.13. The molecule has 0 aromatic carbocycles. The molecule has 0 aliphatic rings. The zero-order valence-electron chi connectivity index (χ0n) is 42.4. The van der Waals surface area contributed by atoms with Crippen LogP contribution in [-0.2, 0) is 4.79 Å². The largest absolute Gasteiger partial charge is 0.394 e. The van der Waals surface area contributed by atoms with Crippen molar-refractivity contribution >= 4 is 5.91 Å². The van der Waals surface area contributed by atoms with Gasteiger partial charge in [0.25, 0.3) is 0 Å². The molecule has 368 valence electrons. The topological polar surface area (TPSA) is 69.6 Å². The van der Waals surface area contributed by atoms with E-state index in [0.717, 1.165) is 32.1 Å². The van der Waals surface area contributed by atoms with Crippen molar-refractivity contribution in [1.82, 2.24) is 5.32 Å². The molecule has 0 saturated carbocycles. The van der Waals surface area contributed by atoms with Crippen molar-refractivity contribution in [2.45, 2.75) is 334 Å². The van der Waals surface area contributed by atoms with E-state index in [0.29, 0.717) is 12.8 Å². The van der Waals surface area contributed by atoms with Crippen molar-refractivity contribution in [1.29, 1.82) is 0 Å². The highest BCUT2D eigenvalue weighted by atomic mass is 16.3. The SMILES string of the molecule is CCCCCCC/C=C\C/C=C\CCCCCCCCCCCCCCCC(=O)NC(CO)C(O)CCCCCCCCCCCCCCCCCCCCCCCCCCC. The second-order valence-electron chi connectivity index (χ2n) is 19.7. The van der Waals surface area contributed by atoms with Gasteiger partial charge < -0.3 is 15.5 Å². The van der Waals surface area contributed by atoms with Gasteiger partial charge in [0.05, 0.1) is 18.8 Å². The van der Waals surface area contributed by atoms with Gasteiger partial charge in [-0.05, 0) is 44.9 Å². The van der Waals surface area contributed by atoms with Gasteiger partial charge in [-0.3, -0.25) is 4.79 Å². The minimum absolute atomic E-state index is 0.0270. The molecule has 0 aliphatic carbocycles. The highest BCUT2D eigenvalue weighted by Crippen LogP contribution is 2.18. The maximum Gasteiger partial charge on any atom is 0.220 e. The van der Waals surface area contributed by atoms with Crippen molar-refractivity contribution in [2.75, 3.05) is 6.61 Å². The smallest absolute Gasteiger partial charge is 0.220 e. The molecule has 4 heteroatoms. The lowest BCUT2D eigenvalue weighted by atomic mass is 10.0. The van der Waals surface area contributed by atoms with Crippen LogP contribution in [0.4, 0.5) is 0 Å². The van der Waals surface area contributed by atoms with Crippen molar-refractivity contribution in [2.24, 2.45) is 0 Å². The van der Waals surface area contributed by atoms with Crippen LogP contribution >= 0.6 is 0 Å². The molecule has 0 fully saturated rings. The molecule has 2 atom stereocenters. The third-order valence-electron chi connectivity index (χ3n) is 13.5. The molecular weight excluding hydrogens is 759 g/mol. The maximum atomic E-state index is 12.5. The van der Waals surface area contributed by atoms with Crippen LogP contribution in [0.5, 0.6) is 0 Å². The number of aliphatic hydroxyl groups excluding tert-OH is 2. The summed E-state index contributed by atoms with van der Waals surface area (Å²) in [6, 6.07) is -0.536. The first-order chi connectivity index (χ1) is 30.7. The molecule has 0 radical (unpaired) electrons. The standard InChI is InChI=1S/C58H113NO3/c1-3-5-7-9-11-13-15-17-19-21-23-25-27-29-31-33-35-37-39-41-43-45-47-49-51-53-57(61)56(55-60)59-58(62)54-52-50-48-46-44-42-40-38-36-34-32-30-28-26-24-22-20-18-16-14-12-10-8-6-4-2/h16,18,22,24,56-57,60-61H,3-15,17,19-21,23,25-55H2,1-2H3,(H,59,62)/b18-16-,24-22-. The molecule has 0 saturated heterocycles. The second kappa shape index (κ2) is 54.2. The van der Waals surface area contributed by atoms with Gasteiger partial charge in [0.1, 0.15) is 0 Å². The lowest BCUT2D eigenvalue weighted by molar-refractivity contribution is -0.123. The molecule has 1 amide bonds. The Bertz CT molecular complexity index is 901. The molecule has 0 aromatic rings. The number of nitrogens with one attached hydrogen (secondary N) is 1. The monoisotopic (exact) mass is 872 g/mol. The Morgan fingerprint density at radius 1 is 0.387 bits per heavy atom. The van der Waals surface area contributed by atoms with Gasteiger partial charge in [-0.1, -0.05) is 295 Å². The highest BCUT2D eigenvalue weighted by Gasteiger charge is 2.20. The summed E-state index contributed by atoms with van der Waals surface area (Å²) in [7, 11) is 0. The van der Waals surface area contributed by atoms with Gasteiger partial charge in [0.2, 0.25) is 5.91 Å². The van der Waals surface area contributed by atoms with E-state index >= 15 is 0 Å². The first-order valence-electron chi connectivity index (χ1n) is 28.5. The number of hydrogen-bond donors (Lipinski definition) is 3. The first kappa shape index (κ1) is 60.9. The number of aliphatic hydroxyl groups is 2. The number of carbonyl (C=O) groups is 1. The molecule has 3 N–H and O–H groups in total. The third kappa shape index (κ3) is 49.9. The Labute approximate surface area is 389 Å². The summed E-state index contributed by atoms with van der Waals surface area (Å²) in [4.78, 5) is 12.5. The Morgan fingerprint density at radius 2 is 0.661 bits per heavy atom. The van der Waals surface area contributed by atoms with E-state index in [-0.39, 0.29) is 12.5 Å². The van der Waals surface area contributed by atoms with Gasteiger partial charge in [-0.15, -0.1) is 0 Å². The van der Waals surface area contributed by atoms with E-state index in [1.165, 1.54) is 263 Å². The molecule has 0 aliphatic heterocycles. The Balaban J connectivity index is 3.43. The fraction of sp³-hybridized carbons (Fsp3) is 0.914. The number of unbranched alkanes of at least 4 members (excludes halogenated alkanes) is 42. The summed E-state index contributed by atoms with van der Waals surface area (Å²) in [6.45, 7) is 4.38. The lowest BCUT2D eigenvalue weighted by Crippen LogP contribution is -2.45. The molecule has 0 rings (SSSR count). The van der Waals surface area contributed by atoms with E-state index in [9.17, 15) is 15.0 Å². The lowest BCUT2D eigenvalue weighted by Gasteiger charge is -2.22.